The number of fused-ring (bicyclic) bond motifs is 1. The molecule has 2 heterocycles. The highest BCUT2D eigenvalue weighted by Crippen LogP contribution is 2.27. The van der Waals surface area contributed by atoms with Crippen molar-refractivity contribution in [3.63, 3.8) is 0 Å². The minimum Gasteiger partial charge on any atom is -0.491 e. The number of rotatable bonds is 5. The van der Waals surface area contributed by atoms with Crippen molar-refractivity contribution in [3.8, 4) is 5.75 Å². The third kappa shape index (κ3) is 6.57. The Morgan fingerprint density at radius 3 is 2.67 bits per heavy atom. The fourth-order valence-electron chi connectivity index (χ4n) is 4.14. The van der Waals surface area contributed by atoms with Crippen LogP contribution in [0.4, 0.5) is 5.69 Å². The van der Waals surface area contributed by atoms with Crippen LogP contribution < -0.4 is 10.1 Å². The minimum atomic E-state index is -0.349. The fourth-order valence-corrected chi connectivity index (χ4v) is 4.14. The molecule has 0 spiro atoms. The van der Waals surface area contributed by atoms with E-state index in [2.05, 4.69) is 15.3 Å². The number of methoxy groups -OCH3 is 1. The summed E-state index contributed by atoms with van der Waals surface area (Å²) >= 11 is 0. The lowest BCUT2D eigenvalue weighted by atomic mass is 10.0. The molecule has 10 heteroatoms. The number of anilines is 1. The maximum absolute atomic E-state index is 13.4. The van der Waals surface area contributed by atoms with E-state index < -0.39 is 0 Å². The molecule has 1 aliphatic heterocycles. The molecule has 0 aliphatic carbocycles. The molecule has 194 valence electrons. The topological polar surface area (TPSA) is 114 Å². The first kappa shape index (κ1) is 27.1. The normalized spacial score (nSPS) is 21.0. The first-order chi connectivity index (χ1) is 17.2. The molecule has 1 N–H and O–H groups in total. The Morgan fingerprint density at radius 2 is 2.00 bits per heavy atom. The van der Waals surface area contributed by atoms with Crippen molar-refractivity contribution in [2.24, 2.45) is 5.92 Å². The van der Waals surface area contributed by atoms with Gasteiger partial charge in [0, 0.05) is 63.7 Å². The molecule has 0 saturated carbocycles. The molecular weight excluding hydrogens is 462 g/mol. The van der Waals surface area contributed by atoms with Gasteiger partial charge in [0.2, 0.25) is 5.91 Å². The maximum Gasteiger partial charge on any atom is 0.274 e. The van der Waals surface area contributed by atoms with Gasteiger partial charge in [0.1, 0.15) is 18.1 Å². The Bertz CT molecular complexity index is 1060. The lowest BCUT2D eigenvalue weighted by molar-refractivity contribution is -0.116. The molecule has 1 aliphatic rings. The second-order valence-corrected chi connectivity index (χ2v) is 9.15. The predicted molar refractivity (Wildman–Crippen MR) is 135 cm³/mol. The SMILES string of the molecule is CCCC(=O)Nc1ccc2c(c1)OC[C@H](C)N(C(=O)c1cnccn1)C[C@@H](C)[C@@H](OC)CN(C)C2=O. The number of benzene rings is 1. The second-order valence-electron chi connectivity index (χ2n) is 9.15. The molecule has 0 unspecified atom stereocenters. The van der Waals surface area contributed by atoms with Gasteiger partial charge in [-0.05, 0) is 25.5 Å². The third-order valence-electron chi connectivity index (χ3n) is 6.25. The van der Waals surface area contributed by atoms with Crippen LogP contribution in [0.25, 0.3) is 0 Å². The van der Waals surface area contributed by atoms with Gasteiger partial charge in [-0.3, -0.25) is 19.4 Å². The van der Waals surface area contributed by atoms with Gasteiger partial charge >= 0.3 is 0 Å². The Hall–Kier alpha value is -3.53. The number of hydrogen-bond acceptors (Lipinski definition) is 7. The average Bonchev–Trinajstić information content (AvgIpc) is 2.88. The standard InChI is InChI=1S/C26H35N5O5/c1-6-7-24(32)29-19-8-9-20-22(12-19)36-16-18(3)31(26(34)21-13-27-10-11-28-21)14-17(2)23(35-5)15-30(4)25(20)33/h8-13,17-18,23H,6-7,14-16H2,1-5H3,(H,29,32)/t17-,18+,23+/m1/s1. The summed E-state index contributed by atoms with van der Waals surface area (Å²) in [6.45, 7) is 6.63. The van der Waals surface area contributed by atoms with Crippen LogP contribution in [0, 0.1) is 5.92 Å². The fraction of sp³-hybridized carbons (Fsp3) is 0.500. The van der Waals surface area contributed by atoms with Gasteiger partial charge in [-0.25, -0.2) is 4.98 Å². The molecule has 3 rings (SSSR count). The summed E-state index contributed by atoms with van der Waals surface area (Å²) in [6.07, 6.45) is 5.26. The Morgan fingerprint density at radius 1 is 1.22 bits per heavy atom. The zero-order valence-electron chi connectivity index (χ0n) is 21.6. The molecule has 3 amide bonds. The molecule has 0 bridgehead atoms. The van der Waals surface area contributed by atoms with Gasteiger partial charge in [-0.15, -0.1) is 0 Å². The molecule has 2 aromatic rings. The smallest absolute Gasteiger partial charge is 0.274 e. The van der Waals surface area contributed by atoms with Crippen LogP contribution in [0.2, 0.25) is 0 Å². The Balaban J connectivity index is 1.97. The molecule has 10 nitrogen and oxygen atoms in total. The van der Waals surface area contributed by atoms with E-state index in [1.807, 2.05) is 20.8 Å². The predicted octanol–water partition coefficient (Wildman–Crippen LogP) is 2.86. The summed E-state index contributed by atoms with van der Waals surface area (Å²) in [5, 5.41) is 2.84. The molecule has 36 heavy (non-hydrogen) atoms. The third-order valence-corrected chi connectivity index (χ3v) is 6.25. The van der Waals surface area contributed by atoms with Crippen molar-refractivity contribution in [1.29, 1.82) is 0 Å². The van der Waals surface area contributed by atoms with E-state index in [1.165, 1.54) is 18.6 Å². The van der Waals surface area contributed by atoms with Gasteiger partial charge in [0.05, 0.1) is 23.9 Å². The highest BCUT2D eigenvalue weighted by atomic mass is 16.5. The summed E-state index contributed by atoms with van der Waals surface area (Å²) in [6, 6.07) is 4.65. The molecule has 0 radical (unpaired) electrons. The van der Waals surface area contributed by atoms with Gasteiger partial charge in [0.15, 0.2) is 0 Å². The van der Waals surface area contributed by atoms with Gasteiger partial charge < -0.3 is 24.6 Å². The molecule has 1 aromatic heterocycles. The van der Waals surface area contributed by atoms with Crippen LogP contribution >= 0.6 is 0 Å². The number of carbonyl (C=O) groups excluding carboxylic acids is 3. The molecular formula is C26H35N5O5. The van der Waals surface area contributed by atoms with Crippen LogP contribution in [-0.4, -0.2) is 83.5 Å². The van der Waals surface area contributed by atoms with Crippen molar-refractivity contribution in [1.82, 2.24) is 19.8 Å². The second kappa shape index (κ2) is 12.4. The number of carbonyl (C=O) groups is 3. The van der Waals surface area contributed by atoms with E-state index in [4.69, 9.17) is 9.47 Å². The van der Waals surface area contributed by atoms with Crippen molar-refractivity contribution in [2.75, 3.05) is 39.2 Å². The van der Waals surface area contributed by atoms with Crippen molar-refractivity contribution < 1.29 is 23.9 Å². The number of aromatic nitrogens is 2. The highest BCUT2D eigenvalue weighted by Gasteiger charge is 2.31. The largest absolute Gasteiger partial charge is 0.491 e. The van der Waals surface area contributed by atoms with E-state index in [9.17, 15) is 14.4 Å². The van der Waals surface area contributed by atoms with E-state index in [-0.39, 0.29) is 48.1 Å². The summed E-state index contributed by atoms with van der Waals surface area (Å²) in [7, 11) is 3.31. The highest BCUT2D eigenvalue weighted by molar-refractivity contribution is 5.98. The summed E-state index contributed by atoms with van der Waals surface area (Å²) < 4.78 is 11.8. The minimum absolute atomic E-state index is 0.0802. The molecule has 1 aromatic carbocycles. The van der Waals surface area contributed by atoms with E-state index >= 15 is 0 Å². The zero-order valence-corrected chi connectivity index (χ0v) is 21.6. The number of nitrogens with one attached hydrogen (secondary N) is 1. The van der Waals surface area contributed by atoms with E-state index in [0.717, 1.165) is 6.42 Å². The van der Waals surface area contributed by atoms with Gasteiger partial charge in [-0.1, -0.05) is 13.8 Å². The average molecular weight is 498 g/mol. The number of ether oxygens (including phenoxy) is 2. The van der Waals surface area contributed by atoms with Crippen LogP contribution in [0.15, 0.2) is 36.8 Å². The summed E-state index contributed by atoms with van der Waals surface area (Å²) in [5.74, 6) is -0.333. The maximum atomic E-state index is 13.4. The summed E-state index contributed by atoms with van der Waals surface area (Å²) in [5.41, 5.74) is 1.15. The van der Waals surface area contributed by atoms with Gasteiger partial charge in [0.25, 0.3) is 11.8 Å². The quantitative estimate of drug-likeness (QED) is 0.676. The number of amides is 3. The molecule has 0 fully saturated rings. The lowest BCUT2D eigenvalue weighted by Crippen LogP contribution is -2.48. The van der Waals surface area contributed by atoms with Crippen LogP contribution in [0.3, 0.4) is 0 Å². The van der Waals surface area contributed by atoms with Crippen LogP contribution in [-0.2, 0) is 9.53 Å². The Labute approximate surface area is 212 Å². The van der Waals surface area contributed by atoms with E-state index in [1.54, 1.807) is 42.2 Å². The van der Waals surface area contributed by atoms with Crippen LogP contribution in [0.1, 0.15) is 54.5 Å². The van der Waals surface area contributed by atoms with Crippen LogP contribution in [0.5, 0.6) is 5.75 Å². The monoisotopic (exact) mass is 497 g/mol. The van der Waals surface area contributed by atoms with Crippen molar-refractivity contribution in [2.45, 2.75) is 45.8 Å². The summed E-state index contributed by atoms with van der Waals surface area (Å²) in [4.78, 5) is 50.3. The number of nitrogens with zero attached hydrogens (tertiary/aromatic N) is 4. The lowest BCUT2D eigenvalue weighted by Gasteiger charge is -2.35. The van der Waals surface area contributed by atoms with E-state index in [0.29, 0.717) is 36.5 Å². The molecule has 0 saturated heterocycles. The van der Waals surface area contributed by atoms with Crippen molar-refractivity contribution >= 4 is 23.4 Å². The number of hydrogen-bond donors (Lipinski definition) is 1. The zero-order chi connectivity index (χ0) is 26.2. The molecule has 3 atom stereocenters. The van der Waals surface area contributed by atoms with Gasteiger partial charge in [-0.2, -0.15) is 0 Å². The first-order valence-electron chi connectivity index (χ1n) is 12.2. The first-order valence-corrected chi connectivity index (χ1v) is 12.2. The number of likely N-dealkylation sites (N-methyl/N-ethyl adjacent to an activating group) is 1. The Kier molecular flexibility index (Phi) is 9.35. The van der Waals surface area contributed by atoms with Crippen molar-refractivity contribution in [3.05, 3.63) is 48.0 Å².